The molecule has 1 aromatic rings. The molecule has 0 aliphatic rings. The largest absolute Gasteiger partial charge is 0.461 e. The first kappa shape index (κ1) is 12.4. The molecule has 0 radical (unpaired) electrons. The van der Waals surface area contributed by atoms with Gasteiger partial charge in [-0.1, -0.05) is 0 Å². The molecule has 1 rings (SSSR count). The number of hydrogen-bond donors (Lipinski definition) is 1. The lowest BCUT2D eigenvalue weighted by molar-refractivity contribution is 0.138. The predicted molar refractivity (Wildman–Crippen MR) is 57.4 cm³/mol. The second kappa shape index (κ2) is 6.06. The summed E-state index contributed by atoms with van der Waals surface area (Å²) in [6.07, 6.45) is -0.0337. The van der Waals surface area contributed by atoms with Crippen molar-refractivity contribution < 1.29 is 14.2 Å². The van der Waals surface area contributed by atoms with E-state index in [4.69, 9.17) is 19.9 Å². The van der Waals surface area contributed by atoms with Gasteiger partial charge in [0.15, 0.2) is 0 Å². The van der Waals surface area contributed by atoms with Gasteiger partial charge >= 0.3 is 12.0 Å². The van der Waals surface area contributed by atoms with E-state index in [0.717, 1.165) is 0 Å². The quantitative estimate of drug-likeness (QED) is 0.698. The van der Waals surface area contributed by atoms with Crippen LogP contribution < -0.4 is 15.2 Å². The number of ether oxygens (including phenoxy) is 3. The smallest absolute Gasteiger partial charge is 0.324 e. The van der Waals surface area contributed by atoms with Crippen molar-refractivity contribution in [2.24, 2.45) is 0 Å². The highest BCUT2D eigenvalue weighted by atomic mass is 16.5. The first-order valence-corrected chi connectivity index (χ1v) is 4.91. The Morgan fingerprint density at radius 1 is 1.12 bits per heavy atom. The highest BCUT2D eigenvalue weighted by molar-refractivity contribution is 5.20. The number of nitrogens with two attached hydrogens (primary N) is 1. The highest BCUT2D eigenvalue weighted by Crippen LogP contribution is 2.11. The van der Waals surface area contributed by atoms with Crippen LogP contribution in [0.25, 0.3) is 0 Å². The maximum atomic E-state index is 5.49. The molecule has 90 valence electrons. The summed E-state index contributed by atoms with van der Waals surface area (Å²) in [5.74, 6) is 0.0677. The molecule has 16 heavy (non-hydrogen) atoms. The number of methoxy groups -OCH3 is 1. The molecule has 0 spiro atoms. The summed E-state index contributed by atoms with van der Waals surface area (Å²) in [4.78, 5) is 11.6. The Labute approximate surface area is 94.0 Å². The van der Waals surface area contributed by atoms with Gasteiger partial charge in [-0.05, 0) is 13.8 Å². The van der Waals surface area contributed by atoms with E-state index in [9.17, 15) is 0 Å². The molecule has 0 aliphatic carbocycles. The summed E-state index contributed by atoms with van der Waals surface area (Å²) in [5, 5.41) is 0. The first-order chi connectivity index (χ1) is 7.61. The van der Waals surface area contributed by atoms with Crippen LogP contribution in [-0.2, 0) is 4.74 Å². The van der Waals surface area contributed by atoms with Gasteiger partial charge in [0.05, 0.1) is 12.7 Å². The zero-order valence-corrected chi connectivity index (χ0v) is 9.64. The minimum atomic E-state index is -0.0337. The topological polar surface area (TPSA) is 92.4 Å². The summed E-state index contributed by atoms with van der Waals surface area (Å²) >= 11 is 0. The maximum Gasteiger partial charge on any atom is 0.324 e. The summed E-state index contributed by atoms with van der Waals surface area (Å²) < 4.78 is 15.3. The van der Waals surface area contributed by atoms with E-state index in [1.165, 1.54) is 0 Å². The van der Waals surface area contributed by atoms with E-state index < -0.39 is 0 Å². The molecule has 0 fully saturated rings. The SMILES string of the molecule is COCCOc1nc(N)nc(OC(C)C)n1. The molecule has 0 aromatic carbocycles. The highest BCUT2D eigenvalue weighted by Gasteiger charge is 2.07. The number of nitrogens with zero attached hydrogens (tertiary/aromatic N) is 3. The molecule has 1 heterocycles. The van der Waals surface area contributed by atoms with E-state index in [1.54, 1.807) is 7.11 Å². The third kappa shape index (κ3) is 4.26. The molecule has 0 atom stereocenters. The fraction of sp³-hybridized carbons (Fsp3) is 0.667. The molecule has 0 bridgehead atoms. The van der Waals surface area contributed by atoms with Crippen LogP contribution in [0.4, 0.5) is 5.95 Å². The van der Waals surface area contributed by atoms with Crippen molar-refractivity contribution >= 4 is 5.95 Å². The van der Waals surface area contributed by atoms with Gasteiger partial charge < -0.3 is 19.9 Å². The molecule has 2 N–H and O–H groups in total. The Bertz CT molecular complexity index is 333. The van der Waals surface area contributed by atoms with Crippen LogP contribution in [0.1, 0.15) is 13.8 Å². The van der Waals surface area contributed by atoms with Crippen LogP contribution in [-0.4, -0.2) is 41.4 Å². The first-order valence-electron chi connectivity index (χ1n) is 4.91. The number of hydrogen-bond acceptors (Lipinski definition) is 7. The minimum Gasteiger partial charge on any atom is -0.461 e. The number of aromatic nitrogens is 3. The number of rotatable bonds is 6. The average molecular weight is 228 g/mol. The van der Waals surface area contributed by atoms with E-state index in [0.29, 0.717) is 13.2 Å². The van der Waals surface area contributed by atoms with Crippen LogP contribution in [0.5, 0.6) is 12.0 Å². The Kier molecular flexibility index (Phi) is 4.71. The fourth-order valence-corrected chi connectivity index (χ4v) is 0.897. The molecule has 7 heteroatoms. The molecule has 1 aromatic heterocycles. The molecule has 0 unspecified atom stereocenters. The Hall–Kier alpha value is -1.63. The van der Waals surface area contributed by atoms with E-state index in [-0.39, 0.29) is 24.1 Å². The zero-order chi connectivity index (χ0) is 12.0. The molecular weight excluding hydrogens is 212 g/mol. The van der Waals surface area contributed by atoms with Crippen molar-refractivity contribution in [1.82, 2.24) is 15.0 Å². The van der Waals surface area contributed by atoms with Gasteiger partial charge in [-0.3, -0.25) is 0 Å². The molecular formula is C9H16N4O3. The van der Waals surface area contributed by atoms with Gasteiger partial charge in [-0.15, -0.1) is 4.98 Å². The van der Waals surface area contributed by atoms with Gasteiger partial charge in [0.1, 0.15) is 6.61 Å². The monoisotopic (exact) mass is 228 g/mol. The van der Waals surface area contributed by atoms with Gasteiger partial charge in [-0.25, -0.2) is 0 Å². The minimum absolute atomic E-state index is 0.0337. The number of anilines is 1. The second-order valence-electron chi connectivity index (χ2n) is 3.27. The second-order valence-corrected chi connectivity index (χ2v) is 3.27. The van der Waals surface area contributed by atoms with Crippen LogP contribution >= 0.6 is 0 Å². The fourth-order valence-electron chi connectivity index (χ4n) is 0.897. The van der Waals surface area contributed by atoms with Crippen molar-refractivity contribution in [3.05, 3.63) is 0 Å². The van der Waals surface area contributed by atoms with Crippen LogP contribution in [0.2, 0.25) is 0 Å². The Morgan fingerprint density at radius 3 is 2.44 bits per heavy atom. The predicted octanol–water partition coefficient (Wildman–Crippen LogP) is 0.266. The standard InChI is InChI=1S/C9H16N4O3/c1-6(2)16-9-12-7(10)11-8(13-9)15-5-4-14-3/h6H,4-5H2,1-3H3,(H2,10,11,12,13). The average Bonchev–Trinajstić information content (AvgIpc) is 2.16. The van der Waals surface area contributed by atoms with Crippen molar-refractivity contribution in [1.29, 1.82) is 0 Å². The van der Waals surface area contributed by atoms with Crippen molar-refractivity contribution in [2.45, 2.75) is 20.0 Å². The maximum absolute atomic E-state index is 5.49. The lowest BCUT2D eigenvalue weighted by atomic mass is 10.5. The normalized spacial score (nSPS) is 10.5. The molecule has 0 amide bonds. The third-order valence-electron chi connectivity index (χ3n) is 1.47. The summed E-state index contributed by atoms with van der Waals surface area (Å²) in [6, 6.07) is 0.301. The molecule has 0 saturated heterocycles. The van der Waals surface area contributed by atoms with E-state index >= 15 is 0 Å². The Balaban J connectivity index is 2.65. The molecule has 0 saturated carbocycles. The van der Waals surface area contributed by atoms with Crippen molar-refractivity contribution in [2.75, 3.05) is 26.1 Å². The van der Waals surface area contributed by atoms with Crippen molar-refractivity contribution in [3.8, 4) is 12.0 Å². The summed E-state index contributed by atoms with van der Waals surface area (Å²) in [7, 11) is 1.58. The summed E-state index contributed by atoms with van der Waals surface area (Å²) in [6.45, 7) is 4.53. The van der Waals surface area contributed by atoms with Gasteiger partial charge in [-0.2, -0.15) is 9.97 Å². The lowest BCUT2D eigenvalue weighted by Gasteiger charge is -2.09. The van der Waals surface area contributed by atoms with Gasteiger partial charge in [0, 0.05) is 7.11 Å². The zero-order valence-electron chi connectivity index (χ0n) is 9.64. The third-order valence-corrected chi connectivity index (χ3v) is 1.47. The lowest BCUT2D eigenvalue weighted by Crippen LogP contribution is -2.13. The van der Waals surface area contributed by atoms with Crippen LogP contribution in [0, 0.1) is 0 Å². The van der Waals surface area contributed by atoms with E-state index in [2.05, 4.69) is 15.0 Å². The molecule has 0 aliphatic heterocycles. The van der Waals surface area contributed by atoms with Gasteiger partial charge in [0.2, 0.25) is 5.95 Å². The van der Waals surface area contributed by atoms with Crippen LogP contribution in [0.15, 0.2) is 0 Å². The van der Waals surface area contributed by atoms with E-state index in [1.807, 2.05) is 13.8 Å². The van der Waals surface area contributed by atoms with Crippen LogP contribution in [0.3, 0.4) is 0 Å². The summed E-state index contributed by atoms with van der Waals surface area (Å²) in [5.41, 5.74) is 5.49. The molecule has 7 nitrogen and oxygen atoms in total. The number of nitrogen functional groups attached to an aromatic ring is 1. The van der Waals surface area contributed by atoms with Crippen molar-refractivity contribution in [3.63, 3.8) is 0 Å². The Morgan fingerprint density at radius 2 is 1.81 bits per heavy atom. The van der Waals surface area contributed by atoms with Gasteiger partial charge in [0.25, 0.3) is 0 Å².